The second-order valence-corrected chi connectivity index (χ2v) is 10.7. The van der Waals surface area contributed by atoms with Crippen LogP contribution in [0.1, 0.15) is 41.5 Å². The smallest absolute Gasteiger partial charge is 0.396 e. The van der Waals surface area contributed by atoms with Crippen LogP contribution in [0, 0.1) is 5.92 Å². The highest BCUT2D eigenvalue weighted by molar-refractivity contribution is 7.48. The maximum Gasteiger partial charge on any atom is 0.475 e. The number of aliphatic hydroxyl groups excluding tert-OH is 1. The molecule has 0 amide bonds. The van der Waals surface area contributed by atoms with Crippen LogP contribution in [-0.4, -0.2) is 56.1 Å². The zero-order valence-electron chi connectivity index (χ0n) is 18.5. The summed E-state index contributed by atoms with van der Waals surface area (Å²) in [4.78, 5) is 12.6. The number of fused-ring (bicyclic) bond motifs is 1. The van der Waals surface area contributed by atoms with Crippen LogP contribution < -0.4 is 5.32 Å². The van der Waals surface area contributed by atoms with Crippen molar-refractivity contribution in [2.75, 3.05) is 25.6 Å². The average Bonchev–Trinajstić information content (AvgIpc) is 2.97. The topological polar surface area (TPSA) is 121 Å². The van der Waals surface area contributed by atoms with E-state index in [9.17, 15) is 9.67 Å². The fourth-order valence-corrected chi connectivity index (χ4v) is 4.65. The van der Waals surface area contributed by atoms with E-state index in [-0.39, 0.29) is 18.5 Å². The van der Waals surface area contributed by atoms with Gasteiger partial charge in [0.1, 0.15) is 0 Å². The summed E-state index contributed by atoms with van der Waals surface area (Å²) in [7, 11) is -2.17. The molecule has 0 radical (unpaired) electrons. The van der Waals surface area contributed by atoms with Crippen molar-refractivity contribution >= 4 is 36.4 Å². The molecule has 2 rings (SSSR count). The molecular weight excluding hydrogens is 433 g/mol. The Morgan fingerprint density at radius 2 is 1.80 bits per heavy atom. The maximum atomic E-state index is 13.2. The van der Waals surface area contributed by atoms with E-state index < -0.39 is 24.9 Å². The third-order valence-corrected chi connectivity index (χ3v) is 5.80. The Morgan fingerprint density at radius 3 is 2.30 bits per heavy atom. The Morgan fingerprint density at radius 1 is 1.20 bits per heavy atom. The lowest BCUT2D eigenvalue weighted by Gasteiger charge is -2.31. The molecule has 0 saturated carbocycles. The van der Waals surface area contributed by atoms with Crippen LogP contribution in [0.2, 0.25) is 5.28 Å². The van der Waals surface area contributed by atoms with Gasteiger partial charge in [0.05, 0.1) is 24.1 Å². The number of nitrogens with one attached hydrogen (secondary N) is 1. The summed E-state index contributed by atoms with van der Waals surface area (Å²) in [6.07, 6.45) is 1.58. The summed E-state index contributed by atoms with van der Waals surface area (Å²) < 4.78 is 31.8. The van der Waals surface area contributed by atoms with Gasteiger partial charge in [0.2, 0.25) is 5.28 Å². The quantitative estimate of drug-likeness (QED) is 0.421. The Labute approximate surface area is 181 Å². The van der Waals surface area contributed by atoms with E-state index in [4.69, 9.17) is 25.2 Å². The largest absolute Gasteiger partial charge is 0.475 e. The van der Waals surface area contributed by atoms with Crippen molar-refractivity contribution in [3.8, 4) is 0 Å². The number of phosphoric ester groups is 1. The SMILES string of the molecule is CNc1nc(Cl)nc2c1ncn2CC(CO)COP(=O)(OC(C)(C)C)OC(C)(C)C. The number of rotatable bonds is 9. The van der Waals surface area contributed by atoms with Crippen molar-refractivity contribution in [1.82, 2.24) is 19.5 Å². The number of aliphatic hydroxyl groups is 1. The minimum atomic E-state index is -3.88. The van der Waals surface area contributed by atoms with E-state index >= 15 is 0 Å². The predicted octanol–water partition coefficient (Wildman–Crippen LogP) is 3.88. The van der Waals surface area contributed by atoms with Gasteiger partial charge in [-0.05, 0) is 53.1 Å². The lowest BCUT2D eigenvalue weighted by Crippen LogP contribution is -2.27. The van der Waals surface area contributed by atoms with Crippen molar-refractivity contribution in [2.24, 2.45) is 5.92 Å². The number of nitrogens with zero attached hydrogens (tertiary/aromatic N) is 4. The molecule has 0 aliphatic rings. The minimum Gasteiger partial charge on any atom is -0.396 e. The molecule has 0 aliphatic heterocycles. The van der Waals surface area contributed by atoms with Crippen LogP contribution in [0.3, 0.4) is 0 Å². The minimum absolute atomic E-state index is 0.0582. The van der Waals surface area contributed by atoms with Gasteiger partial charge in [-0.3, -0.25) is 13.6 Å². The first-order valence-corrected chi connectivity index (χ1v) is 11.4. The van der Waals surface area contributed by atoms with Crippen molar-refractivity contribution < 1.29 is 23.2 Å². The lowest BCUT2D eigenvalue weighted by atomic mass is 10.2. The normalized spacial score (nSPS) is 14.3. The van der Waals surface area contributed by atoms with Crippen LogP contribution in [0.15, 0.2) is 6.33 Å². The zero-order chi connectivity index (χ0) is 22.7. The number of halogens is 1. The maximum absolute atomic E-state index is 13.2. The molecule has 2 heterocycles. The molecule has 0 aromatic carbocycles. The number of imidazole rings is 1. The summed E-state index contributed by atoms with van der Waals surface area (Å²) in [6, 6.07) is 0. The van der Waals surface area contributed by atoms with E-state index in [1.807, 2.05) is 0 Å². The Kier molecular flexibility index (Phi) is 7.88. The van der Waals surface area contributed by atoms with Gasteiger partial charge in [0.15, 0.2) is 17.0 Å². The van der Waals surface area contributed by atoms with Crippen LogP contribution >= 0.6 is 19.4 Å². The highest BCUT2D eigenvalue weighted by atomic mass is 35.5. The van der Waals surface area contributed by atoms with Crippen molar-refractivity contribution in [1.29, 1.82) is 0 Å². The van der Waals surface area contributed by atoms with Crippen molar-refractivity contribution in [3.05, 3.63) is 11.6 Å². The molecule has 0 spiro atoms. The highest BCUT2D eigenvalue weighted by Crippen LogP contribution is 2.55. The van der Waals surface area contributed by atoms with Gasteiger partial charge in [-0.1, -0.05) is 0 Å². The molecule has 1 atom stereocenters. The summed E-state index contributed by atoms with van der Waals surface area (Å²) in [6.45, 7) is 10.6. The first-order chi connectivity index (χ1) is 13.8. The molecule has 2 aromatic rings. The number of hydrogen-bond donors (Lipinski definition) is 2. The summed E-state index contributed by atoms with van der Waals surface area (Å²) >= 11 is 6.00. The lowest BCUT2D eigenvalue weighted by molar-refractivity contribution is -0.00446. The van der Waals surface area contributed by atoms with E-state index in [2.05, 4.69) is 20.3 Å². The second-order valence-electron chi connectivity index (χ2n) is 8.86. The van der Waals surface area contributed by atoms with Gasteiger partial charge in [0.25, 0.3) is 0 Å². The van der Waals surface area contributed by atoms with Crippen molar-refractivity contribution in [2.45, 2.75) is 59.3 Å². The van der Waals surface area contributed by atoms with Gasteiger partial charge in [-0.25, -0.2) is 9.55 Å². The Hall–Kier alpha value is -1.29. The fraction of sp³-hybridized carbons (Fsp3) is 0.722. The van der Waals surface area contributed by atoms with Gasteiger partial charge >= 0.3 is 7.82 Å². The standard InChI is InChI=1S/C18H31ClN5O5P/c1-17(2,3)28-30(26,29-18(4,5)6)27-10-12(9-25)8-24-11-21-13-14(20-7)22-16(19)23-15(13)24/h11-12,25H,8-10H2,1-7H3,(H,20,22,23). The highest BCUT2D eigenvalue weighted by Gasteiger charge is 2.37. The van der Waals surface area contributed by atoms with E-state index in [0.29, 0.717) is 23.5 Å². The molecule has 10 nitrogen and oxygen atoms in total. The molecule has 170 valence electrons. The van der Waals surface area contributed by atoms with Gasteiger partial charge in [-0.15, -0.1) is 0 Å². The molecule has 12 heteroatoms. The third-order valence-electron chi connectivity index (χ3n) is 3.63. The van der Waals surface area contributed by atoms with E-state index in [0.717, 1.165) is 0 Å². The molecule has 0 fully saturated rings. The summed E-state index contributed by atoms with van der Waals surface area (Å²) in [5.74, 6) is 0.0804. The molecule has 0 bridgehead atoms. The molecule has 2 N–H and O–H groups in total. The van der Waals surface area contributed by atoms with Gasteiger partial charge in [-0.2, -0.15) is 9.97 Å². The number of aromatic nitrogens is 4. The molecule has 30 heavy (non-hydrogen) atoms. The summed E-state index contributed by atoms with van der Waals surface area (Å²) in [5, 5.41) is 12.9. The van der Waals surface area contributed by atoms with Crippen LogP contribution in [0.25, 0.3) is 11.2 Å². The fourth-order valence-electron chi connectivity index (χ4n) is 2.61. The average molecular weight is 464 g/mol. The second kappa shape index (κ2) is 9.46. The van der Waals surface area contributed by atoms with Gasteiger partial charge < -0.3 is 15.0 Å². The first kappa shape index (κ1) is 25.0. The van der Waals surface area contributed by atoms with E-state index in [1.54, 1.807) is 59.5 Å². The van der Waals surface area contributed by atoms with E-state index in [1.165, 1.54) is 0 Å². The molecule has 0 aliphatic carbocycles. The van der Waals surface area contributed by atoms with Crippen LogP contribution in [0.4, 0.5) is 5.82 Å². The number of anilines is 1. The molecule has 0 saturated heterocycles. The zero-order valence-corrected chi connectivity index (χ0v) is 20.1. The Bertz CT molecular complexity index is 889. The molecule has 1 unspecified atom stereocenters. The molecular formula is C18H31ClN5O5P. The van der Waals surface area contributed by atoms with Gasteiger partial charge in [0, 0.05) is 26.1 Å². The van der Waals surface area contributed by atoms with Crippen LogP contribution in [0.5, 0.6) is 0 Å². The predicted molar refractivity (Wildman–Crippen MR) is 116 cm³/mol. The monoisotopic (exact) mass is 463 g/mol. The number of hydrogen-bond acceptors (Lipinski definition) is 9. The number of phosphoric acid groups is 1. The third kappa shape index (κ3) is 7.14. The van der Waals surface area contributed by atoms with Crippen molar-refractivity contribution in [3.63, 3.8) is 0 Å². The first-order valence-electron chi connectivity index (χ1n) is 9.58. The Balaban J connectivity index is 2.19. The summed E-state index contributed by atoms with van der Waals surface area (Å²) in [5.41, 5.74) is -0.421. The molecule has 2 aromatic heterocycles. The van der Waals surface area contributed by atoms with Crippen LogP contribution in [-0.2, 0) is 24.7 Å².